The lowest BCUT2D eigenvalue weighted by Gasteiger charge is -2.52. The van der Waals surface area contributed by atoms with E-state index in [1.54, 1.807) is 0 Å². The fourth-order valence-electron chi connectivity index (χ4n) is 12.2. The van der Waals surface area contributed by atoms with Crippen LogP contribution in [-0.4, -0.2) is 14.9 Å². The Morgan fingerprint density at radius 2 is 0.792 bits per heavy atom. The molecular formula is C66H47BN4Si. The number of rotatable bonds is 9. The van der Waals surface area contributed by atoms with Gasteiger partial charge < -0.3 is 19.5 Å². The summed E-state index contributed by atoms with van der Waals surface area (Å²) in [6.45, 7) is -0.206. The van der Waals surface area contributed by atoms with E-state index in [1.165, 1.54) is 54.2 Å². The van der Waals surface area contributed by atoms with Crippen LogP contribution in [0, 0.1) is 0 Å². The van der Waals surface area contributed by atoms with Gasteiger partial charge >= 0.3 is 6.85 Å². The number of benzene rings is 11. The summed E-state index contributed by atoms with van der Waals surface area (Å²) in [5.74, 6) is 0. The molecule has 0 N–H and O–H groups in total. The molecule has 0 amide bonds. The van der Waals surface area contributed by atoms with Gasteiger partial charge in [0.15, 0.2) is 8.07 Å². The summed E-state index contributed by atoms with van der Waals surface area (Å²) in [5, 5.41) is 5.54. The third-order valence-electron chi connectivity index (χ3n) is 15.0. The average Bonchev–Trinajstić information content (AvgIpc) is 3.46. The Bertz CT molecular complexity index is 3650. The number of nitrogens with zero attached hydrogens (tertiary/aromatic N) is 4. The number of fused-ring (bicyclic) bond motifs is 6. The summed E-state index contributed by atoms with van der Waals surface area (Å²) in [6.07, 6.45) is 0. The van der Waals surface area contributed by atoms with Gasteiger partial charge in [-0.15, -0.1) is 0 Å². The van der Waals surface area contributed by atoms with Crippen molar-refractivity contribution in [2.24, 2.45) is 0 Å². The van der Waals surface area contributed by atoms with Crippen LogP contribution in [0.1, 0.15) is 0 Å². The molecule has 0 saturated heterocycles. The van der Waals surface area contributed by atoms with Crippen molar-refractivity contribution >= 4 is 109 Å². The van der Waals surface area contributed by atoms with Crippen molar-refractivity contribution in [1.82, 2.24) is 0 Å². The van der Waals surface area contributed by atoms with Gasteiger partial charge in [0.05, 0.1) is 0 Å². The molecule has 72 heavy (non-hydrogen) atoms. The van der Waals surface area contributed by atoms with Gasteiger partial charge in [-0.3, -0.25) is 0 Å². The number of para-hydroxylation sites is 7. The van der Waals surface area contributed by atoms with Crippen molar-refractivity contribution in [3.8, 4) is 11.1 Å². The molecule has 11 aromatic rings. The fourth-order valence-corrected chi connectivity index (χ4v) is 17.3. The average molecular weight is 935 g/mol. The van der Waals surface area contributed by atoms with E-state index in [9.17, 15) is 0 Å². The second-order valence-electron chi connectivity index (χ2n) is 18.8. The van der Waals surface area contributed by atoms with Crippen LogP contribution >= 0.6 is 0 Å². The SMILES string of the molecule is c1ccc(N(c2ccccc2)c2ccc3c(c2)B2c4c(cc(N(c5ccccc5)c5ccccc5)cc4N3c3ccccc3)-c3cccc4c3N2c2ccccc2[Si]4(c2ccccc2)c2ccccc2)cc1. The normalized spacial score (nSPS) is 13.3. The Morgan fingerprint density at radius 1 is 0.319 bits per heavy atom. The molecule has 14 rings (SSSR count). The van der Waals surface area contributed by atoms with Crippen LogP contribution in [0.5, 0.6) is 0 Å². The minimum absolute atomic E-state index is 0.206. The van der Waals surface area contributed by atoms with E-state index >= 15 is 0 Å². The summed E-state index contributed by atoms with van der Waals surface area (Å²) in [6, 6.07) is 106. The van der Waals surface area contributed by atoms with Crippen LogP contribution in [-0.2, 0) is 0 Å². The third-order valence-corrected chi connectivity index (χ3v) is 19.8. The van der Waals surface area contributed by atoms with Crippen LogP contribution in [0.15, 0.2) is 285 Å². The van der Waals surface area contributed by atoms with Gasteiger partial charge in [0.1, 0.15) is 0 Å². The zero-order chi connectivity index (χ0) is 47.6. The van der Waals surface area contributed by atoms with Crippen LogP contribution < -0.4 is 51.2 Å². The van der Waals surface area contributed by atoms with E-state index in [-0.39, 0.29) is 6.85 Å². The number of hydrogen-bond donors (Lipinski definition) is 0. The Labute approximate surface area is 422 Å². The lowest BCUT2D eigenvalue weighted by Crippen LogP contribution is -2.79. The first-order valence-corrected chi connectivity index (χ1v) is 26.9. The minimum Gasteiger partial charge on any atom is -0.376 e. The quantitative estimate of drug-likeness (QED) is 0.134. The predicted octanol–water partition coefficient (Wildman–Crippen LogP) is 13.0. The lowest BCUT2D eigenvalue weighted by molar-refractivity contribution is 1.23. The molecule has 3 aliphatic heterocycles. The van der Waals surface area contributed by atoms with E-state index in [0.717, 1.165) is 51.2 Å². The molecule has 4 nitrogen and oxygen atoms in total. The zero-order valence-corrected chi connectivity index (χ0v) is 40.5. The van der Waals surface area contributed by atoms with Crippen molar-refractivity contribution in [3.05, 3.63) is 285 Å². The van der Waals surface area contributed by atoms with Crippen LogP contribution in [0.4, 0.5) is 62.6 Å². The molecule has 0 saturated carbocycles. The molecule has 0 spiro atoms. The molecule has 0 atom stereocenters. The highest BCUT2D eigenvalue weighted by Gasteiger charge is 2.55. The largest absolute Gasteiger partial charge is 0.376 e. The highest BCUT2D eigenvalue weighted by atomic mass is 28.3. The van der Waals surface area contributed by atoms with Crippen LogP contribution in [0.3, 0.4) is 0 Å². The monoisotopic (exact) mass is 934 g/mol. The Balaban J connectivity index is 1.13. The van der Waals surface area contributed by atoms with E-state index < -0.39 is 8.07 Å². The van der Waals surface area contributed by atoms with Crippen LogP contribution in [0.25, 0.3) is 11.1 Å². The second kappa shape index (κ2) is 17.1. The molecule has 6 heteroatoms. The smallest absolute Gasteiger partial charge is 0.333 e. The molecule has 0 radical (unpaired) electrons. The molecule has 338 valence electrons. The van der Waals surface area contributed by atoms with Gasteiger partial charge in [-0.25, -0.2) is 0 Å². The standard InChI is InChI=1S/C66H47BN4Si/c1-8-25-48(26-9-1)68(49-27-10-2-11-28-49)53-43-44-60-59(46-53)67-65-58(45-54(47-62(65)70(60)52-33-16-5-17-34-52)69(50-29-12-3-13-30-50)51-31-14-4-15-32-51)57-39-24-42-64-66(57)71(67)61-40-22-23-41-63(61)72(64,55-35-18-6-19-36-55)56-37-20-7-21-38-56/h1-47H. The predicted molar refractivity (Wildman–Crippen MR) is 307 cm³/mol. The third kappa shape index (κ3) is 6.39. The summed E-state index contributed by atoms with van der Waals surface area (Å²) in [4.78, 5) is 10.1. The van der Waals surface area contributed by atoms with Gasteiger partial charge in [0.2, 0.25) is 0 Å². The topological polar surface area (TPSA) is 13.0 Å². The maximum absolute atomic E-state index is 2.98. The Kier molecular flexibility index (Phi) is 9.93. The van der Waals surface area contributed by atoms with Crippen molar-refractivity contribution < 1.29 is 0 Å². The summed E-state index contributed by atoms with van der Waals surface area (Å²) in [7, 11) is -2.98. The lowest BCUT2D eigenvalue weighted by atomic mass is 9.43. The summed E-state index contributed by atoms with van der Waals surface area (Å²) >= 11 is 0. The second-order valence-corrected chi connectivity index (χ2v) is 22.6. The molecule has 0 fully saturated rings. The molecule has 11 aromatic carbocycles. The molecule has 3 aliphatic rings. The van der Waals surface area contributed by atoms with E-state index in [0.29, 0.717) is 0 Å². The summed E-state index contributed by atoms with van der Waals surface area (Å²) < 4.78 is 0. The molecule has 0 unspecified atom stereocenters. The fraction of sp³-hybridized carbons (Fsp3) is 0. The summed E-state index contributed by atoms with van der Waals surface area (Å²) in [5.41, 5.74) is 17.6. The first-order valence-electron chi connectivity index (χ1n) is 24.9. The molecule has 0 bridgehead atoms. The van der Waals surface area contributed by atoms with Gasteiger partial charge in [-0.2, -0.15) is 0 Å². The van der Waals surface area contributed by atoms with Gasteiger partial charge in [-0.05, 0) is 134 Å². The molecule has 0 aliphatic carbocycles. The van der Waals surface area contributed by atoms with Crippen molar-refractivity contribution in [2.75, 3.05) is 19.5 Å². The van der Waals surface area contributed by atoms with Gasteiger partial charge in [0, 0.05) is 68.1 Å². The first kappa shape index (κ1) is 41.8. The van der Waals surface area contributed by atoms with Gasteiger partial charge in [-0.1, -0.05) is 188 Å². The highest BCUT2D eigenvalue weighted by Crippen LogP contribution is 2.51. The van der Waals surface area contributed by atoms with Crippen molar-refractivity contribution in [3.63, 3.8) is 0 Å². The molecular weight excluding hydrogens is 888 g/mol. The van der Waals surface area contributed by atoms with E-state index in [4.69, 9.17) is 0 Å². The Morgan fingerprint density at radius 3 is 1.35 bits per heavy atom. The molecule has 3 heterocycles. The number of hydrogen-bond acceptors (Lipinski definition) is 4. The maximum atomic E-state index is 2.75. The van der Waals surface area contributed by atoms with Crippen molar-refractivity contribution in [1.29, 1.82) is 0 Å². The highest BCUT2D eigenvalue weighted by molar-refractivity contribution is 7.22. The van der Waals surface area contributed by atoms with E-state index in [2.05, 4.69) is 305 Å². The first-order chi connectivity index (χ1) is 35.8. The minimum atomic E-state index is -2.98. The molecule has 0 aromatic heterocycles. The maximum Gasteiger partial charge on any atom is 0.333 e. The van der Waals surface area contributed by atoms with Crippen LogP contribution in [0.2, 0.25) is 0 Å². The van der Waals surface area contributed by atoms with Crippen molar-refractivity contribution in [2.45, 2.75) is 0 Å². The Hall–Kier alpha value is -9.10. The number of anilines is 11. The van der Waals surface area contributed by atoms with Gasteiger partial charge in [0.25, 0.3) is 0 Å². The van der Waals surface area contributed by atoms with E-state index in [1.807, 2.05) is 0 Å². The zero-order valence-electron chi connectivity index (χ0n) is 39.5.